The number of hydrogen-bond donors (Lipinski definition) is 1. The molecule has 0 aliphatic carbocycles. The highest BCUT2D eigenvalue weighted by Crippen LogP contribution is 2.33. The average Bonchev–Trinajstić information content (AvgIpc) is 2.74. The van der Waals surface area contributed by atoms with Crippen molar-refractivity contribution in [2.75, 3.05) is 0 Å². The summed E-state index contributed by atoms with van der Waals surface area (Å²) in [5, 5.41) is 1.20. The van der Waals surface area contributed by atoms with Crippen molar-refractivity contribution in [2.24, 2.45) is 0 Å². The van der Waals surface area contributed by atoms with Gasteiger partial charge < -0.3 is 4.74 Å². The fourth-order valence-corrected chi connectivity index (χ4v) is 5.86. The Morgan fingerprint density at radius 3 is 2.09 bits per heavy atom. The summed E-state index contributed by atoms with van der Waals surface area (Å²) < 4.78 is 64.3. The van der Waals surface area contributed by atoms with Crippen LogP contribution in [0.5, 0.6) is 11.5 Å². The van der Waals surface area contributed by atoms with E-state index in [1.54, 1.807) is 18.2 Å². The number of ether oxygens (including phenoxy) is 1. The molecule has 32 heavy (non-hydrogen) atoms. The third-order valence-electron chi connectivity index (χ3n) is 4.64. The second-order valence-corrected chi connectivity index (χ2v) is 10.9. The predicted octanol–water partition coefficient (Wildman–Crippen LogP) is 6.02. The van der Waals surface area contributed by atoms with Crippen LogP contribution >= 0.6 is 23.2 Å². The largest absolute Gasteiger partial charge is 0.457 e. The number of benzene rings is 4. The maximum atomic E-state index is 12.9. The molecule has 0 aliphatic heterocycles. The van der Waals surface area contributed by atoms with Gasteiger partial charge in [0.25, 0.3) is 10.1 Å². The lowest BCUT2D eigenvalue weighted by Gasteiger charge is -2.10. The maximum Gasteiger partial charge on any atom is 0.295 e. The SMILES string of the molecule is O=S(=O)(O)c1cccc2ccc(Oc3ccc(S(=O)(=O)c4cc(Cl)ccc4Cl)cc3)cc12. The molecule has 4 aromatic rings. The molecule has 0 radical (unpaired) electrons. The summed E-state index contributed by atoms with van der Waals surface area (Å²) in [5.41, 5.74) is 0. The molecular weight excluding hydrogens is 495 g/mol. The minimum absolute atomic E-state index is 0.00110. The maximum absolute atomic E-state index is 12.9. The highest BCUT2D eigenvalue weighted by Gasteiger charge is 2.21. The molecule has 10 heteroatoms. The first kappa shape index (κ1) is 22.6. The minimum atomic E-state index is -4.42. The van der Waals surface area contributed by atoms with Gasteiger partial charge in [0.2, 0.25) is 9.84 Å². The standard InChI is InChI=1S/C22H14Cl2O6S2/c23-15-5-11-20(24)22(12-15)31(25,26)18-9-7-16(8-10-18)30-17-6-4-14-2-1-3-21(19(14)13-17)32(27,28)29/h1-13H,(H,27,28,29). The Balaban J connectivity index is 1.66. The molecule has 0 aliphatic rings. The van der Waals surface area contributed by atoms with Crippen molar-refractivity contribution in [2.45, 2.75) is 14.7 Å². The van der Waals surface area contributed by atoms with Gasteiger partial charge in [0.05, 0.1) is 14.8 Å². The van der Waals surface area contributed by atoms with Crippen molar-refractivity contribution < 1.29 is 26.1 Å². The molecule has 4 rings (SSSR count). The van der Waals surface area contributed by atoms with Gasteiger partial charge in [0.1, 0.15) is 16.4 Å². The van der Waals surface area contributed by atoms with E-state index >= 15 is 0 Å². The van der Waals surface area contributed by atoms with Crippen LogP contribution in [0.2, 0.25) is 10.0 Å². The van der Waals surface area contributed by atoms with Gasteiger partial charge in [-0.3, -0.25) is 4.55 Å². The lowest BCUT2D eigenvalue weighted by molar-refractivity contribution is 0.482. The molecule has 1 N–H and O–H groups in total. The van der Waals surface area contributed by atoms with Crippen LogP contribution in [0, 0.1) is 0 Å². The summed E-state index contributed by atoms with van der Waals surface area (Å²) in [6.45, 7) is 0. The number of fused-ring (bicyclic) bond motifs is 1. The monoisotopic (exact) mass is 508 g/mol. The second kappa shape index (κ2) is 8.38. The third kappa shape index (κ3) is 4.46. The van der Waals surface area contributed by atoms with Gasteiger partial charge in [-0.15, -0.1) is 0 Å². The summed E-state index contributed by atoms with van der Waals surface area (Å²) >= 11 is 11.9. The second-order valence-electron chi connectivity index (χ2n) is 6.77. The zero-order valence-electron chi connectivity index (χ0n) is 16.1. The van der Waals surface area contributed by atoms with Crippen molar-refractivity contribution in [3.8, 4) is 11.5 Å². The van der Waals surface area contributed by atoms with Crippen LogP contribution in [-0.4, -0.2) is 21.4 Å². The highest BCUT2D eigenvalue weighted by molar-refractivity contribution is 7.91. The zero-order valence-corrected chi connectivity index (χ0v) is 19.2. The molecule has 0 bridgehead atoms. The van der Waals surface area contributed by atoms with Crippen LogP contribution in [0.15, 0.2) is 93.5 Å². The van der Waals surface area contributed by atoms with E-state index in [0.29, 0.717) is 22.3 Å². The first-order valence-electron chi connectivity index (χ1n) is 9.04. The summed E-state index contributed by atoms with van der Waals surface area (Å²) in [6.07, 6.45) is 0. The molecule has 164 valence electrons. The highest BCUT2D eigenvalue weighted by atomic mass is 35.5. The molecule has 6 nitrogen and oxygen atoms in total. The van der Waals surface area contributed by atoms with Crippen molar-refractivity contribution >= 4 is 53.9 Å². The lowest BCUT2D eigenvalue weighted by atomic mass is 10.1. The Hall–Kier alpha value is -2.62. The first-order valence-corrected chi connectivity index (χ1v) is 12.7. The van der Waals surface area contributed by atoms with Crippen LogP contribution in [0.4, 0.5) is 0 Å². The molecule has 0 aromatic heterocycles. The summed E-state index contributed by atoms with van der Waals surface area (Å²) in [6, 6.07) is 19.1. The van der Waals surface area contributed by atoms with Gasteiger partial charge in [0.15, 0.2) is 0 Å². The number of halogens is 2. The molecule has 0 spiro atoms. The van der Waals surface area contributed by atoms with E-state index in [4.69, 9.17) is 27.9 Å². The van der Waals surface area contributed by atoms with E-state index in [0.717, 1.165) is 0 Å². The Morgan fingerprint density at radius 2 is 1.41 bits per heavy atom. The smallest absolute Gasteiger partial charge is 0.295 e. The van der Waals surface area contributed by atoms with E-state index in [1.807, 2.05) is 0 Å². The average molecular weight is 509 g/mol. The van der Waals surface area contributed by atoms with E-state index in [2.05, 4.69) is 0 Å². The van der Waals surface area contributed by atoms with Crippen LogP contribution in [0.1, 0.15) is 0 Å². The van der Waals surface area contributed by atoms with Gasteiger partial charge in [-0.2, -0.15) is 8.42 Å². The van der Waals surface area contributed by atoms with Crippen LogP contribution in [-0.2, 0) is 20.0 Å². The van der Waals surface area contributed by atoms with Gasteiger partial charge in [-0.1, -0.05) is 41.4 Å². The van der Waals surface area contributed by atoms with E-state index in [1.165, 1.54) is 60.7 Å². The Bertz CT molecular complexity index is 1550. The van der Waals surface area contributed by atoms with E-state index < -0.39 is 20.0 Å². The quantitative estimate of drug-likeness (QED) is 0.331. The van der Waals surface area contributed by atoms with Crippen molar-refractivity contribution in [1.29, 1.82) is 0 Å². The molecule has 0 unspecified atom stereocenters. The Kier molecular flexibility index (Phi) is 5.91. The molecule has 0 saturated carbocycles. The molecule has 0 fully saturated rings. The molecular formula is C22H14Cl2O6S2. The predicted molar refractivity (Wildman–Crippen MR) is 122 cm³/mol. The molecule has 0 atom stereocenters. The number of hydrogen-bond acceptors (Lipinski definition) is 5. The van der Waals surface area contributed by atoms with Crippen molar-refractivity contribution in [1.82, 2.24) is 0 Å². The van der Waals surface area contributed by atoms with Gasteiger partial charge in [0, 0.05) is 10.4 Å². The number of rotatable bonds is 5. The Labute approximate surface area is 194 Å². The number of sulfone groups is 1. The van der Waals surface area contributed by atoms with E-state index in [-0.39, 0.29) is 24.7 Å². The van der Waals surface area contributed by atoms with Gasteiger partial charge >= 0.3 is 0 Å². The van der Waals surface area contributed by atoms with Crippen LogP contribution in [0.25, 0.3) is 10.8 Å². The summed E-state index contributed by atoms with van der Waals surface area (Å²) in [5.74, 6) is 0.631. The van der Waals surface area contributed by atoms with Crippen molar-refractivity contribution in [3.05, 3.63) is 88.9 Å². The third-order valence-corrected chi connectivity index (χ3v) is 8.04. The topological polar surface area (TPSA) is 97.7 Å². The minimum Gasteiger partial charge on any atom is -0.457 e. The van der Waals surface area contributed by atoms with Crippen LogP contribution < -0.4 is 4.74 Å². The first-order chi connectivity index (χ1) is 15.1. The fraction of sp³-hybridized carbons (Fsp3) is 0. The Morgan fingerprint density at radius 1 is 0.719 bits per heavy atom. The molecule has 0 saturated heterocycles. The van der Waals surface area contributed by atoms with Gasteiger partial charge in [-0.05, 0) is 66.0 Å². The molecule has 4 aromatic carbocycles. The van der Waals surface area contributed by atoms with Crippen LogP contribution in [0.3, 0.4) is 0 Å². The zero-order chi connectivity index (χ0) is 23.1. The molecule has 0 heterocycles. The normalized spacial score (nSPS) is 12.1. The fourth-order valence-electron chi connectivity index (χ4n) is 3.14. The summed E-state index contributed by atoms with van der Waals surface area (Å²) in [4.78, 5) is -0.339. The van der Waals surface area contributed by atoms with Gasteiger partial charge in [-0.25, -0.2) is 8.42 Å². The summed E-state index contributed by atoms with van der Waals surface area (Å²) in [7, 11) is -8.32. The lowest BCUT2D eigenvalue weighted by Crippen LogP contribution is -2.03. The van der Waals surface area contributed by atoms with Crippen molar-refractivity contribution in [3.63, 3.8) is 0 Å². The van der Waals surface area contributed by atoms with E-state index in [9.17, 15) is 21.4 Å². The molecule has 0 amide bonds.